The molecular formula is C14H17N5O3. The van der Waals surface area contributed by atoms with Crippen molar-refractivity contribution < 1.29 is 14.3 Å². The molecule has 1 atom stereocenters. The number of anilines is 1. The first-order valence-corrected chi connectivity index (χ1v) is 6.91. The molecule has 0 saturated carbocycles. The maximum atomic E-state index is 9.28. The summed E-state index contributed by atoms with van der Waals surface area (Å²) < 4.78 is 12.2. The van der Waals surface area contributed by atoms with Crippen LogP contribution in [0.1, 0.15) is 23.9 Å². The SMILES string of the molecule is COCc1cc(NC(CCO)c2ccco2)n2ncnc2n1. The minimum atomic E-state index is -0.176. The first-order valence-electron chi connectivity index (χ1n) is 6.91. The molecule has 0 fully saturated rings. The maximum Gasteiger partial charge on any atom is 0.254 e. The second-order valence-electron chi connectivity index (χ2n) is 4.76. The Labute approximate surface area is 126 Å². The average Bonchev–Trinajstić information content (AvgIpc) is 3.18. The quantitative estimate of drug-likeness (QED) is 0.680. The van der Waals surface area contributed by atoms with Gasteiger partial charge in [0, 0.05) is 19.8 Å². The van der Waals surface area contributed by atoms with E-state index in [2.05, 4.69) is 20.4 Å². The maximum absolute atomic E-state index is 9.28. The molecule has 3 rings (SSSR count). The molecule has 0 bridgehead atoms. The van der Waals surface area contributed by atoms with Gasteiger partial charge < -0.3 is 19.6 Å². The Hall–Kier alpha value is -2.45. The van der Waals surface area contributed by atoms with Crippen LogP contribution in [0.2, 0.25) is 0 Å². The molecule has 0 spiro atoms. The van der Waals surface area contributed by atoms with Crippen LogP contribution in [0.5, 0.6) is 0 Å². The third-order valence-corrected chi connectivity index (χ3v) is 3.22. The summed E-state index contributed by atoms with van der Waals surface area (Å²) in [4.78, 5) is 8.46. The first-order chi connectivity index (χ1) is 10.8. The Morgan fingerprint density at radius 3 is 3.14 bits per heavy atom. The van der Waals surface area contributed by atoms with Crippen LogP contribution in [0, 0.1) is 0 Å². The number of nitrogens with zero attached hydrogens (tertiary/aromatic N) is 4. The van der Waals surface area contributed by atoms with Gasteiger partial charge in [-0.2, -0.15) is 14.6 Å². The fraction of sp³-hybridized carbons (Fsp3) is 0.357. The van der Waals surface area contributed by atoms with Gasteiger partial charge in [0.2, 0.25) is 0 Å². The van der Waals surface area contributed by atoms with E-state index in [1.54, 1.807) is 17.9 Å². The van der Waals surface area contributed by atoms with Gasteiger partial charge in [0.15, 0.2) is 0 Å². The summed E-state index contributed by atoms with van der Waals surface area (Å²) in [5, 5.41) is 16.8. The average molecular weight is 303 g/mol. The van der Waals surface area contributed by atoms with Crippen LogP contribution >= 0.6 is 0 Å². The van der Waals surface area contributed by atoms with Crippen LogP contribution < -0.4 is 5.32 Å². The summed E-state index contributed by atoms with van der Waals surface area (Å²) in [6, 6.07) is 5.35. The molecule has 22 heavy (non-hydrogen) atoms. The highest BCUT2D eigenvalue weighted by atomic mass is 16.5. The van der Waals surface area contributed by atoms with Gasteiger partial charge in [-0.05, 0) is 18.6 Å². The summed E-state index contributed by atoms with van der Waals surface area (Å²) in [5.41, 5.74) is 0.743. The van der Waals surface area contributed by atoms with Crippen LogP contribution in [0.3, 0.4) is 0 Å². The van der Waals surface area contributed by atoms with Crippen molar-refractivity contribution in [2.45, 2.75) is 19.1 Å². The molecule has 0 aliphatic carbocycles. The van der Waals surface area contributed by atoms with E-state index in [0.717, 1.165) is 11.5 Å². The number of hydrogen-bond donors (Lipinski definition) is 2. The van der Waals surface area contributed by atoms with Crippen LogP contribution in [0.15, 0.2) is 35.2 Å². The first kappa shape index (κ1) is 14.5. The van der Waals surface area contributed by atoms with E-state index in [-0.39, 0.29) is 12.6 Å². The lowest BCUT2D eigenvalue weighted by molar-refractivity contribution is 0.181. The van der Waals surface area contributed by atoms with Crippen LogP contribution in [0.25, 0.3) is 5.78 Å². The number of furan rings is 1. The zero-order chi connectivity index (χ0) is 15.4. The summed E-state index contributed by atoms with van der Waals surface area (Å²) in [6.07, 6.45) is 3.55. The Morgan fingerprint density at radius 1 is 1.50 bits per heavy atom. The van der Waals surface area contributed by atoms with Gasteiger partial charge in [-0.25, -0.2) is 4.98 Å². The smallest absolute Gasteiger partial charge is 0.254 e. The van der Waals surface area contributed by atoms with Crippen LogP contribution in [0.4, 0.5) is 5.82 Å². The van der Waals surface area contributed by atoms with E-state index in [9.17, 15) is 5.11 Å². The number of rotatable bonds is 7. The van der Waals surface area contributed by atoms with E-state index in [1.165, 1.54) is 6.33 Å². The summed E-state index contributed by atoms with van der Waals surface area (Å²) >= 11 is 0. The molecule has 3 aromatic heterocycles. The standard InChI is InChI=1S/C14H17N5O3/c1-21-8-10-7-13(19-14(17-10)15-9-16-19)18-11(4-5-20)12-3-2-6-22-12/h2-3,6-7,9,11,18,20H,4-5,8H2,1H3. The zero-order valence-corrected chi connectivity index (χ0v) is 12.1. The fourth-order valence-corrected chi connectivity index (χ4v) is 2.27. The number of fused-ring (bicyclic) bond motifs is 1. The van der Waals surface area contributed by atoms with Gasteiger partial charge in [0.05, 0.1) is 24.6 Å². The van der Waals surface area contributed by atoms with Gasteiger partial charge >= 0.3 is 0 Å². The van der Waals surface area contributed by atoms with Crippen molar-refractivity contribution in [3.63, 3.8) is 0 Å². The predicted molar refractivity (Wildman–Crippen MR) is 78.3 cm³/mol. The van der Waals surface area contributed by atoms with Crippen molar-refractivity contribution in [3.8, 4) is 0 Å². The molecule has 8 nitrogen and oxygen atoms in total. The van der Waals surface area contributed by atoms with E-state index < -0.39 is 0 Å². The molecule has 116 valence electrons. The molecule has 3 aromatic rings. The van der Waals surface area contributed by atoms with E-state index in [4.69, 9.17) is 9.15 Å². The molecule has 1 unspecified atom stereocenters. The summed E-state index contributed by atoms with van der Waals surface area (Å²) in [5.74, 6) is 1.94. The highest BCUT2D eigenvalue weighted by molar-refractivity contribution is 5.46. The number of nitrogens with one attached hydrogen (secondary N) is 1. The van der Waals surface area contributed by atoms with Gasteiger partial charge in [-0.1, -0.05) is 0 Å². The van der Waals surface area contributed by atoms with Crippen molar-refractivity contribution in [2.75, 3.05) is 19.0 Å². The lowest BCUT2D eigenvalue weighted by Crippen LogP contribution is -2.15. The predicted octanol–water partition coefficient (Wildman–Crippen LogP) is 1.40. The second kappa shape index (κ2) is 6.54. The number of aliphatic hydroxyl groups is 1. The number of aliphatic hydroxyl groups excluding tert-OH is 1. The number of hydrogen-bond acceptors (Lipinski definition) is 7. The lowest BCUT2D eigenvalue weighted by atomic mass is 10.1. The van der Waals surface area contributed by atoms with Gasteiger partial charge in [-0.15, -0.1) is 0 Å². The molecule has 0 aliphatic heterocycles. The molecule has 0 aromatic carbocycles. The van der Waals surface area contributed by atoms with Crippen molar-refractivity contribution >= 4 is 11.6 Å². The third-order valence-electron chi connectivity index (χ3n) is 3.22. The minimum absolute atomic E-state index is 0.0366. The van der Waals surface area contributed by atoms with Crippen molar-refractivity contribution in [1.82, 2.24) is 19.6 Å². The molecule has 3 heterocycles. The number of methoxy groups -OCH3 is 1. The minimum Gasteiger partial charge on any atom is -0.467 e. The number of ether oxygens (including phenoxy) is 1. The van der Waals surface area contributed by atoms with Crippen molar-refractivity contribution in [3.05, 3.63) is 42.2 Å². The Bertz CT molecular complexity index is 725. The van der Waals surface area contributed by atoms with Crippen molar-refractivity contribution in [1.29, 1.82) is 0 Å². The Kier molecular flexibility index (Phi) is 4.31. The third kappa shape index (κ3) is 2.92. The largest absolute Gasteiger partial charge is 0.467 e. The lowest BCUT2D eigenvalue weighted by Gasteiger charge is -2.17. The van der Waals surface area contributed by atoms with Crippen molar-refractivity contribution in [2.24, 2.45) is 0 Å². The molecule has 8 heteroatoms. The van der Waals surface area contributed by atoms with Gasteiger partial charge in [0.25, 0.3) is 5.78 Å². The Morgan fingerprint density at radius 2 is 2.41 bits per heavy atom. The molecule has 0 saturated heterocycles. The van der Waals surface area contributed by atoms with E-state index in [0.29, 0.717) is 24.6 Å². The highest BCUT2D eigenvalue weighted by Crippen LogP contribution is 2.23. The summed E-state index contributed by atoms with van der Waals surface area (Å²) in [6.45, 7) is 0.415. The van der Waals surface area contributed by atoms with E-state index >= 15 is 0 Å². The van der Waals surface area contributed by atoms with Crippen LogP contribution in [-0.2, 0) is 11.3 Å². The Balaban J connectivity index is 1.95. The molecule has 0 radical (unpaired) electrons. The fourth-order valence-electron chi connectivity index (χ4n) is 2.27. The molecular weight excluding hydrogens is 286 g/mol. The highest BCUT2D eigenvalue weighted by Gasteiger charge is 2.16. The normalized spacial score (nSPS) is 12.6. The van der Waals surface area contributed by atoms with Gasteiger partial charge in [0.1, 0.15) is 17.9 Å². The monoisotopic (exact) mass is 303 g/mol. The van der Waals surface area contributed by atoms with E-state index in [1.807, 2.05) is 18.2 Å². The second-order valence-corrected chi connectivity index (χ2v) is 4.76. The molecule has 0 amide bonds. The van der Waals surface area contributed by atoms with Gasteiger partial charge in [-0.3, -0.25) is 0 Å². The topological polar surface area (TPSA) is 97.7 Å². The van der Waals surface area contributed by atoms with Crippen LogP contribution in [-0.4, -0.2) is 38.4 Å². The number of aromatic nitrogens is 4. The molecule has 2 N–H and O–H groups in total. The molecule has 0 aliphatic rings. The summed E-state index contributed by atoms with van der Waals surface area (Å²) in [7, 11) is 1.61. The zero-order valence-electron chi connectivity index (χ0n) is 12.1.